The molecule has 0 radical (unpaired) electrons. The molecule has 32 heavy (non-hydrogen) atoms. The van der Waals surface area contributed by atoms with Crippen LogP contribution in [-0.2, 0) is 9.53 Å². The Morgan fingerprint density at radius 1 is 1.25 bits per heavy atom. The fraction of sp³-hybridized carbons (Fsp3) is 0.480. The van der Waals surface area contributed by atoms with E-state index < -0.39 is 23.8 Å². The summed E-state index contributed by atoms with van der Waals surface area (Å²) in [4.78, 5) is 29.3. The Labute approximate surface area is 187 Å². The third-order valence-corrected chi connectivity index (χ3v) is 6.32. The largest absolute Gasteiger partial charge is 0.503 e. The molecule has 0 saturated heterocycles. The molecule has 7 heteroatoms. The summed E-state index contributed by atoms with van der Waals surface area (Å²) in [5.74, 6) is -1.81. The van der Waals surface area contributed by atoms with E-state index >= 15 is 0 Å². The highest BCUT2D eigenvalue weighted by molar-refractivity contribution is 5.99. The summed E-state index contributed by atoms with van der Waals surface area (Å²) in [7, 11) is 1.38. The molecule has 1 N–H and O–H groups in total. The maximum absolute atomic E-state index is 13.6. The Balaban J connectivity index is 1.69. The topological polar surface area (TPSA) is 85.7 Å². The van der Waals surface area contributed by atoms with Crippen molar-refractivity contribution in [2.45, 2.75) is 58.5 Å². The molecule has 1 fully saturated rings. The predicted molar refractivity (Wildman–Crippen MR) is 117 cm³/mol. The van der Waals surface area contributed by atoms with Crippen LogP contribution in [0.15, 0.2) is 30.5 Å². The van der Waals surface area contributed by atoms with Crippen LogP contribution in [0.25, 0.3) is 0 Å². The molecule has 1 aromatic heterocycles. The Kier molecular flexibility index (Phi) is 7.48. The van der Waals surface area contributed by atoms with E-state index in [9.17, 15) is 19.1 Å². The van der Waals surface area contributed by atoms with Gasteiger partial charge in [-0.05, 0) is 55.9 Å². The molecule has 0 spiro atoms. The van der Waals surface area contributed by atoms with Crippen molar-refractivity contribution in [2.24, 2.45) is 11.8 Å². The number of nitrogens with zero attached hydrogens (tertiary/aromatic N) is 1. The van der Waals surface area contributed by atoms with Crippen LogP contribution < -0.4 is 4.74 Å². The van der Waals surface area contributed by atoms with Crippen molar-refractivity contribution in [1.82, 2.24) is 4.98 Å². The number of hydrogen-bond acceptors (Lipinski definition) is 6. The second kappa shape index (κ2) is 10.1. The van der Waals surface area contributed by atoms with Crippen LogP contribution in [-0.4, -0.2) is 35.1 Å². The Bertz CT molecular complexity index is 988. The van der Waals surface area contributed by atoms with Gasteiger partial charge in [0.25, 0.3) is 0 Å². The molecule has 3 rings (SSSR count). The molecular formula is C25H30FNO5. The lowest BCUT2D eigenvalue weighted by Gasteiger charge is -2.38. The molecule has 0 unspecified atom stereocenters. The van der Waals surface area contributed by atoms with Crippen LogP contribution >= 0.6 is 0 Å². The van der Waals surface area contributed by atoms with E-state index in [4.69, 9.17) is 9.47 Å². The van der Waals surface area contributed by atoms with Crippen LogP contribution in [0.5, 0.6) is 11.5 Å². The quantitative estimate of drug-likeness (QED) is 0.435. The number of carbonyl (C=O) groups is 2. The molecule has 2 aromatic rings. The van der Waals surface area contributed by atoms with E-state index in [0.717, 1.165) is 30.4 Å². The van der Waals surface area contributed by atoms with E-state index in [1.165, 1.54) is 31.5 Å². The summed E-state index contributed by atoms with van der Waals surface area (Å²) in [6, 6.07) is 6.17. The number of carbonyl (C=O) groups excluding carboxylic acids is 2. The monoisotopic (exact) mass is 443 g/mol. The molecule has 1 aromatic carbocycles. The third kappa shape index (κ3) is 5.09. The predicted octanol–water partition coefficient (Wildman–Crippen LogP) is 4.97. The van der Waals surface area contributed by atoms with Gasteiger partial charge in [0.15, 0.2) is 23.0 Å². The number of pyridine rings is 1. The zero-order chi connectivity index (χ0) is 23.4. The highest BCUT2D eigenvalue weighted by Crippen LogP contribution is 2.43. The van der Waals surface area contributed by atoms with Crippen molar-refractivity contribution in [1.29, 1.82) is 0 Å². The zero-order valence-electron chi connectivity index (χ0n) is 18.9. The fourth-order valence-electron chi connectivity index (χ4n) is 4.34. The summed E-state index contributed by atoms with van der Waals surface area (Å²) >= 11 is 0. The first kappa shape index (κ1) is 23.7. The molecule has 172 valence electrons. The van der Waals surface area contributed by atoms with Gasteiger partial charge < -0.3 is 14.6 Å². The zero-order valence-corrected chi connectivity index (χ0v) is 18.9. The molecule has 6 nitrogen and oxygen atoms in total. The molecular weight excluding hydrogens is 413 g/mol. The number of methoxy groups -OCH3 is 1. The summed E-state index contributed by atoms with van der Waals surface area (Å²) < 4.78 is 24.4. The van der Waals surface area contributed by atoms with Crippen molar-refractivity contribution in [3.05, 3.63) is 53.1 Å². The minimum atomic E-state index is -0.714. The summed E-state index contributed by atoms with van der Waals surface area (Å²) in [5, 5.41) is 10.1. The third-order valence-electron chi connectivity index (χ3n) is 6.32. The first-order valence-corrected chi connectivity index (χ1v) is 10.9. The van der Waals surface area contributed by atoms with Gasteiger partial charge in [0.05, 0.1) is 13.0 Å². The van der Waals surface area contributed by atoms with Crippen LogP contribution in [0, 0.1) is 24.6 Å². The second-order valence-corrected chi connectivity index (χ2v) is 8.60. The highest BCUT2D eigenvalue weighted by Gasteiger charge is 2.36. The number of benzene rings is 1. The van der Waals surface area contributed by atoms with Crippen LogP contribution in [0.1, 0.15) is 67.1 Å². The second-order valence-electron chi connectivity index (χ2n) is 8.60. The molecule has 0 amide bonds. The molecule has 1 aliphatic carbocycles. The first-order chi connectivity index (χ1) is 15.2. The molecule has 3 atom stereocenters. The molecule has 1 heterocycles. The van der Waals surface area contributed by atoms with Gasteiger partial charge in [-0.25, -0.2) is 9.37 Å². The normalized spacial score (nSPS) is 16.5. The Morgan fingerprint density at radius 3 is 2.56 bits per heavy atom. The van der Waals surface area contributed by atoms with Gasteiger partial charge in [-0.15, -0.1) is 0 Å². The van der Waals surface area contributed by atoms with Gasteiger partial charge in [0.2, 0.25) is 0 Å². The number of hydrogen-bond donors (Lipinski definition) is 1. The minimum absolute atomic E-state index is 0.0275. The molecule has 0 bridgehead atoms. The number of aromatic nitrogens is 1. The number of aromatic hydroxyl groups is 1. The lowest BCUT2D eigenvalue weighted by atomic mass is 9.70. The van der Waals surface area contributed by atoms with Gasteiger partial charge in [-0.2, -0.15) is 0 Å². The fourth-order valence-corrected chi connectivity index (χ4v) is 4.34. The Hall–Kier alpha value is -2.96. The molecule has 0 aliphatic heterocycles. The van der Waals surface area contributed by atoms with Gasteiger partial charge in [0.1, 0.15) is 11.9 Å². The average molecular weight is 444 g/mol. The van der Waals surface area contributed by atoms with Gasteiger partial charge in [0, 0.05) is 24.6 Å². The lowest BCUT2D eigenvalue weighted by Crippen LogP contribution is -2.34. The maximum Gasteiger partial charge on any atom is 0.309 e. The number of ether oxygens (including phenoxy) is 2. The van der Waals surface area contributed by atoms with Crippen LogP contribution in [0.2, 0.25) is 0 Å². The average Bonchev–Trinajstić information content (AvgIpc) is 2.71. The van der Waals surface area contributed by atoms with E-state index in [1.54, 1.807) is 13.0 Å². The van der Waals surface area contributed by atoms with Crippen molar-refractivity contribution < 1.29 is 28.6 Å². The standard InChI is InChI=1S/C25H30FNO5/c1-14-12-18(26)8-9-19(14)22(17-6-5-7-17)16(3)32-25(30)15(2)13-20(28)23-24(29)21(31-4)10-11-27-23/h8-12,15-17,22,29H,5-7,13H2,1-4H3/t15-,16+,22-/m1/s1. The van der Waals surface area contributed by atoms with Gasteiger partial charge in [-0.1, -0.05) is 19.4 Å². The van der Waals surface area contributed by atoms with Crippen LogP contribution in [0.3, 0.4) is 0 Å². The van der Waals surface area contributed by atoms with E-state index in [1.807, 2.05) is 13.8 Å². The maximum atomic E-state index is 13.6. The summed E-state index contributed by atoms with van der Waals surface area (Å²) in [6.45, 7) is 5.34. The number of halogens is 1. The first-order valence-electron chi connectivity index (χ1n) is 10.9. The molecule has 1 saturated carbocycles. The van der Waals surface area contributed by atoms with E-state index in [2.05, 4.69) is 4.98 Å². The Morgan fingerprint density at radius 2 is 1.97 bits per heavy atom. The van der Waals surface area contributed by atoms with Crippen LogP contribution in [0.4, 0.5) is 4.39 Å². The minimum Gasteiger partial charge on any atom is -0.503 e. The summed E-state index contributed by atoms with van der Waals surface area (Å²) in [6.07, 6.45) is 4.01. The highest BCUT2D eigenvalue weighted by atomic mass is 19.1. The number of rotatable bonds is 9. The van der Waals surface area contributed by atoms with E-state index in [-0.39, 0.29) is 35.3 Å². The smallest absolute Gasteiger partial charge is 0.309 e. The van der Waals surface area contributed by atoms with E-state index in [0.29, 0.717) is 5.92 Å². The SMILES string of the molecule is COc1ccnc(C(=O)C[C@@H](C)C(=O)O[C@@H](C)[C@@H](c2ccc(F)cc2C)C2CCC2)c1O. The lowest BCUT2D eigenvalue weighted by molar-refractivity contribution is -0.154. The summed E-state index contributed by atoms with van der Waals surface area (Å²) in [5.41, 5.74) is 1.70. The van der Waals surface area contributed by atoms with Crippen molar-refractivity contribution >= 4 is 11.8 Å². The van der Waals surface area contributed by atoms with Crippen molar-refractivity contribution in [2.75, 3.05) is 7.11 Å². The van der Waals surface area contributed by atoms with Gasteiger partial charge >= 0.3 is 5.97 Å². The number of aryl methyl sites for hydroxylation is 1. The van der Waals surface area contributed by atoms with Gasteiger partial charge in [-0.3, -0.25) is 9.59 Å². The molecule has 1 aliphatic rings. The number of esters is 1. The van der Waals surface area contributed by atoms with Crippen molar-refractivity contribution in [3.63, 3.8) is 0 Å². The number of Topliss-reactive ketones (excluding diaryl/α,β-unsaturated/α-hetero) is 1. The van der Waals surface area contributed by atoms with Crippen molar-refractivity contribution in [3.8, 4) is 11.5 Å². The number of ketones is 1.